The van der Waals surface area contributed by atoms with Crippen LogP contribution in [0.2, 0.25) is 5.02 Å². The van der Waals surface area contributed by atoms with Gasteiger partial charge in [0, 0.05) is 16.0 Å². The Hall–Kier alpha value is -0.780. The summed E-state index contributed by atoms with van der Waals surface area (Å²) in [5, 5.41) is 0.605. The molecule has 1 atom stereocenters. The molecule has 1 aliphatic rings. The summed E-state index contributed by atoms with van der Waals surface area (Å²) in [5.41, 5.74) is 0.342. The molecule has 4 nitrogen and oxygen atoms in total. The van der Waals surface area contributed by atoms with Crippen LogP contribution in [0, 0.1) is 0 Å². The molecule has 21 heavy (non-hydrogen) atoms. The first kappa shape index (κ1) is 16.6. The number of hydrogen-bond donors (Lipinski definition) is 0. The predicted octanol–water partition coefficient (Wildman–Crippen LogP) is 4.41. The van der Waals surface area contributed by atoms with E-state index in [1.54, 1.807) is 4.90 Å². The molecule has 1 heterocycles. The van der Waals surface area contributed by atoms with E-state index in [9.17, 15) is 4.79 Å². The first-order valence-corrected chi connectivity index (χ1v) is 7.97. The van der Waals surface area contributed by atoms with Gasteiger partial charge in [-0.3, -0.25) is 4.90 Å². The lowest BCUT2D eigenvalue weighted by Crippen LogP contribution is -2.45. The number of hydrogen-bond acceptors (Lipinski definition) is 3. The van der Waals surface area contributed by atoms with E-state index in [4.69, 9.17) is 21.1 Å². The number of rotatable bonds is 1. The fourth-order valence-corrected chi connectivity index (χ4v) is 2.97. The highest BCUT2D eigenvalue weighted by molar-refractivity contribution is 9.10. The molecule has 116 valence electrons. The minimum atomic E-state index is -0.524. The van der Waals surface area contributed by atoms with Crippen molar-refractivity contribution in [3.8, 4) is 0 Å². The summed E-state index contributed by atoms with van der Waals surface area (Å²) in [6.07, 6.45) is -0.338. The number of carbonyl (C=O) groups is 1. The molecule has 1 aromatic carbocycles. The molecule has 2 rings (SSSR count). The van der Waals surface area contributed by atoms with Crippen molar-refractivity contribution < 1.29 is 14.3 Å². The van der Waals surface area contributed by atoms with E-state index >= 15 is 0 Å². The van der Waals surface area contributed by atoms with Crippen molar-refractivity contribution in [2.24, 2.45) is 0 Å². The van der Waals surface area contributed by atoms with Gasteiger partial charge in [-0.1, -0.05) is 33.6 Å². The maximum absolute atomic E-state index is 12.4. The summed E-state index contributed by atoms with van der Waals surface area (Å²) in [6.45, 7) is 6.98. The van der Waals surface area contributed by atoms with Gasteiger partial charge in [0.2, 0.25) is 0 Å². The van der Waals surface area contributed by atoms with E-state index in [0.29, 0.717) is 24.8 Å². The van der Waals surface area contributed by atoms with Gasteiger partial charge in [0.05, 0.1) is 19.3 Å². The van der Waals surface area contributed by atoms with E-state index < -0.39 is 5.60 Å². The summed E-state index contributed by atoms with van der Waals surface area (Å²) in [5.74, 6) is 0. The average Bonchev–Trinajstić information content (AvgIpc) is 2.37. The number of ether oxygens (including phenoxy) is 2. The van der Waals surface area contributed by atoms with Crippen LogP contribution >= 0.6 is 27.5 Å². The second-order valence-corrected chi connectivity index (χ2v) is 7.25. The van der Waals surface area contributed by atoms with Gasteiger partial charge in [-0.2, -0.15) is 0 Å². The van der Waals surface area contributed by atoms with Gasteiger partial charge >= 0.3 is 6.09 Å². The number of nitrogens with zero attached hydrogens (tertiary/aromatic N) is 1. The van der Waals surface area contributed by atoms with Gasteiger partial charge in [-0.25, -0.2) is 4.79 Å². The SMILES string of the molecule is CC(C)(C)OC(=O)N1CCOCC1c1ccc(Br)cc1Cl. The molecule has 1 unspecified atom stereocenters. The van der Waals surface area contributed by atoms with Gasteiger partial charge in [0.1, 0.15) is 5.60 Å². The number of halogens is 2. The van der Waals surface area contributed by atoms with E-state index in [2.05, 4.69) is 15.9 Å². The van der Waals surface area contributed by atoms with E-state index in [1.165, 1.54) is 0 Å². The standard InChI is InChI=1S/C15H19BrClNO3/c1-15(2,3)21-14(19)18-6-7-20-9-13(18)11-5-4-10(16)8-12(11)17/h4-5,8,13H,6-7,9H2,1-3H3. The van der Waals surface area contributed by atoms with Crippen LogP contribution in [0.15, 0.2) is 22.7 Å². The summed E-state index contributed by atoms with van der Waals surface area (Å²) >= 11 is 9.68. The molecule has 1 fully saturated rings. The van der Waals surface area contributed by atoms with Crippen LogP contribution in [0.4, 0.5) is 4.79 Å². The zero-order chi connectivity index (χ0) is 15.6. The van der Waals surface area contributed by atoms with Crippen molar-refractivity contribution in [1.29, 1.82) is 0 Å². The number of benzene rings is 1. The molecule has 0 bridgehead atoms. The van der Waals surface area contributed by atoms with Crippen LogP contribution in [0.25, 0.3) is 0 Å². The third kappa shape index (κ3) is 4.34. The van der Waals surface area contributed by atoms with Crippen LogP contribution in [-0.2, 0) is 9.47 Å². The average molecular weight is 377 g/mol. The molecule has 0 spiro atoms. The van der Waals surface area contributed by atoms with Crippen molar-refractivity contribution in [1.82, 2.24) is 4.90 Å². The molecular weight excluding hydrogens is 358 g/mol. The Kier molecular flexibility index (Phi) is 5.17. The zero-order valence-electron chi connectivity index (χ0n) is 12.4. The highest BCUT2D eigenvalue weighted by Crippen LogP contribution is 2.32. The highest BCUT2D eigenvalue weighted by Gasteiger charge is 2.33. The molecule has 0 aliphatic carbocycles. The minimum absolute atomic E-state index is 0.228. The van der Waals surface area contributed by atoms with Crippen LogP contribution < -0.4 is 0 Å². The lowest BCUT2D eigenvalue weighted by molar-refractivity contribution is -0.0330. The maximum atomic E-state index is 12.4. The van der Waals surface area contributed by atoms with Gasteiger partial charge < -0.3 is 9.47 Å². The Balaban J connectivity index is 2.24. The second-order valence-electron chi connectivity index (χ2n) is 5.93. The largest absolute Gasteiger partial charge is 0.444 e. The lowest BCUT2D eigenvalue weighted by Gasteiger charge is -2.37. The van der Waals surface area contributed by atoms with Crippen LogP contribution in [0.3, 0.4) is 0 Å². The normalized spacial score (nSPS) is 19.5. The Morgan fingerprint density at radius 1 is 1.48 bits per heavy atom. The third-order valence-corrected chi connectivity index (χ3v) is 3.90. The molecular formula is C15H19BrClNO3. The van der Waals surface area contributed by atoms with E-state index in [1.807, 2.05) is 39.0 Å². The summed E-state index contributed by atoms with van der Waals surface area (Å²) in [7, 11) is 0. The van der Waals surface area contributed by atoms with E-state index in [0.717, 1.165) is 10.0 Å². The number of carbonyl (C=O) groups excluding carboxylic acids is 1. The number of morpholine rings is 1. The molecule has 0 aromatic heterocycles. The lowest BCUT2D eigenvalue weighted by atomic mass is 10.1. The first-order valence-electron chi connectivity index (χ1n) is 6.80. The molecule has 0 radical (unpaired) electrons. The van der Waals surface area contributed by atoms with Crippen molar-refractivity contribution >= 4 is 33.6 Å². The zero-order valence-corrected chi connectivity index (χ0v) is 14.7. The smallest absolute Gasteiger partial charge is 0.410 e. The second kappa shape index (κ2) is 6.55. The topological polar surface area (TPSA) is 38.8 Å². The monoisotopic (exact) mass is 375 g/mol. The maximum Gasteiger partial charge on any atom is 0.410 e. The molecule has 0 saturated carbocycles. The fourth-order valence-electron chi connectivity index (χ4n) is 2.17. The van der Waals surface area contributed by atoms with Crippen molar-refractivity contribution in [2.45, 2.75) is 32.4 Å². The molecule has 0 N–H and O–H groups in total. The van der Waals surface area contributed by atoms with Crippen LogP contribution in [0.1, 0.15) is 32.4 Å². The Labute approximate surface area is 138 Å². The van der Waals surface area contributed by atoms with Gasteiger partial charge in [-0.15, -0.1) is 0 Å². The molecule has 1 aromatic rings. The minimum Gasteiger partial charge on any atom is -0.444 e. The first-order chi connectivity index (χ1) is 9.78. The fraction of sp³-hybridized carbons (Fsp3) is 0.533. The van der Waals surface area contributed by atoms with Crippen molar-refractivity contribution in [2.75, 3.05) is 19.8 Å². The summed E-state index contributed by atoms with van der Waals surface area (Å²) in [6, 6.07) is 5.40. The Morgan fingerprint density at radius 3 is 2.81 bits per heavy atom. The molecule has 6 heteroatoms. The summed E-state index contributed by atoms with van der Waals surface area (Å²) in [4.78, 5) is 14.1. The van der Waals surface area contributed by atoms with Gasteiger partial charge in [0.15, 0.2) is 0 Å². The van der Waals surface area contributed by atoms with Crippen molar-refractivity contribution in [3.05, 3.63) is 33.3 Å². The van der Waals surface area contributed by atoms with Crippen LogP contribution in [-0.4, -0.2) is 36.4 Å². The molecule has 1 saturated heterocycles. The third-order valence-electron chi connectivity index (χ3n) is 3.08. The number of amides is 1. The van der Waals surface area contributed by atoms with Crippen LogP contribution in [0.5, 0.6) is 0 Å². The highest BCUT2D eigenvalue weighted by atomic mass is 79.9. The summed E-state index contributed by atoms with van der Waals surface area (Å²) < 4.78 is 11.9. The van der Waals surface area contributed by atoms with Gasteiger partial charge in [0.25, 0.3) is 0 Å². The van der Waals surface area contributed by atoms with E-state index in [-0.39, 0.29) is 12.1 Å². The quantitative estimate of drug-likeness (QED) is 0.728. The molecule has 1 aliphatic heterocycles. The van der Waals surface area contributed by atoms with Crippen molar-refractivity contribution in [3.63, 3.8) is 0 Å². The predicted molar refractivity (Wildman–Crippen MR) is 85.7 cm³/mol. The molecule has 1 amide bonds. The Morgan fingerprint density at radius 2 is 2.19 bits per heavy atom. The Bertz CT molecular complexity index is 530. The van der Waals surface area contributed by atoms with Gasteiger partial charge in [-0.05, 0) is 38.5 Å².